The molecule has 3 aromatic rings. The minimum atomic E-state index is -3.34. The monoisotopic (exact) mass is 573 g/mol. The van der Waals surface area contributed by atoms with Gasteiger partial charge in [-0.05, 0) is 30.5 Å². The highest BCUT2D eigenvalue weighted by atomic mass is 35.5. The largest absolute Gasteiger partial charge is 0.372 e. The van der Waals surface area contributed by atoms with E-state index >= 15 is 0 Å². The van der Waals surface area contributed by atoms with Crippen LogP contribution in [0, 0.1) is 0 Å². The van der Waals surface area contributed by atoms with Crippen molar-refractivity contribution in [2.75, 3.05) is 41.9 Å². The van der Waals surface area contributed by atoms with Gasteiger partial charge in [0.1, 0.15) is 11.3 Å². The topological polar surface area (TPSA) is 137 Å². The van der Waals surface area contributed by atoms with Gasteiger partial charge < -0.3 is 20.4 Å². The highest BCUT2D eigenvalue weighted by Crippen LogP contribution is 2.30. The summed E-state index contributed by atoms with van der Waals surface area (Å²) < 4.78 is 27.9. The van der Waals surface area contributed by atoms with Gasteiger partial charge in [0.25, 0.3) is 0 Å². The number of hydrogen-bond acceptors (Lipinski definition) is 9. The van der Waals surface area contributed by atoms with Crippen molar-refractivity contribution in [2.45, 2.75) is 44.3 Å². The summed E-state index contributed by atoms with van der Waals surface area (Å²) in [6, 6.07) is 5.44. The summed E-state index contributed by atoms with van der Waals surface area (Å²) in [5, 5.41) is 6.95. The molecular formula is C25H32ClN9O3S. The van der Waals surface area contributed by atoms with E-state index in [9.17, 15) is 13.2 Å². The number of imidazole rings is 1. The first-order valence-corrected chi connectivity index (χ1v) is 15.1. The van der Waals surface area contributed by atoms with Crippen molar-refractivity contribution in [3.8, 4) is 0 Å². The second-order valence-electron chi connectivity index (χ2n) is 9.99. The van der Waals surface area contributed by atoms with Crippen molar-refractivity contribution in [3.05, 3.63) is 53.7 Å². The summed E-state index contributed by atoms with van der Waals surface area (Å²) in [6.07, 6.45) is 10.9. The van der Waals surface area contributed by atoms with E-state index < -0.39 is 10.0 Å². The number of nitrogens with one attached hydrogen (secondary N) is 3. The molecule has 1 fully saturated rings. The minimum absolute atomic E-state index is 0.113. The molecule has 2 aromatic heterocycles. The molecule has 208 valence electrons. The van der Waals surface area contributed by atoms with E-state index in [0.717, 1.165) is 42.6 Å². The summed E-state index contributed by atoms with van der Waals surface area (Å²) >= 11 is 6.41. The quantitative estimate of drug-likeness (QED) is 0.405. The van der Waals surface area contributed by atoms with Gasteiger partial charge in [0.05, 0.1) is 12.5 Å². The molecular weight excluding hydrogens is 542 g/mol. The minimum Gasteiger partial charge on any atom is -0.372 e. The number of halogens is 1. The van der Waals surface area contributed by atoms with Gasteiger partial charge in [0.15, 0.2) is 5.82 Å². The maximum absolute atomic E-state index is 12.9. The summed E-state index contributed by atoms with van der Waals surface area (Å²) in [6.45, 7) is 1.73. The van der Waals surface area contributed by atoms with E-state index in [2.05, 4.69) is 35.2 Å². The van der Waals surface area contributed by atoms with E-state index in [1.165, 1.54) is 23.3 Å². The number of rotatable bonds is 6. The van der Waals surface area contributed by atoms with Crippen LogP contribution in [0.2, 0.25) is 5.02 Å². The first-order valence-electron chi connectivity index (χ1n) is 12.8. The van der Waals surface area contributed by atoms with Gasteiger partial charge in [0, 0.05) is 62.5 Å². The molecule has 39 heavy (non-hydrogen) atoms. The Morgan fingerprint density at radius 3 is 2.69 bits per heavy atom. The molecule has 3 heterocycles. The van der Waals surface area contributed by atoms with Gasteiger partial charge in [-0.15, -0.1) is 0 Å². The molecule has 1 amide bonds. The van der Waals surface area contributed by atoms with E-state index in [1.54, 1.807) is 17.3 Å². The van der Waals surface area contributed by atoms with Gasteiger partial charge in [-0.25, -0.2) is 27.9 Å². The molecule has 0 spiro atoms. The standard InChI is InChI=1S/C25H32ClN9O3S/c1-33-11-12-34(25(36)35-10-9-27-16-35)15-17-7-8-18(13-22(17)33)29-24-28-14-19(26)23(31-24)30-20-5-3-4-6-21(20)32-39(2,37)38/h7-10,13-14,16,20-21,32H,3-6,11-12,15H2,1-2H3,(H2,28,29,30,31)/t20-,21-/m1/s1. The summed E-state index contributed by atoms with van der Waals surface area (Å²) in [5.74, 6) is 0.806. The van der Waals surface area contributed by atoms with Gasteiger partial charge in [-0.3, -0.25) is 4.57 Å². The predicted octanol–water partition coefficient (Wildman–Crippen LogP) is 3.26. The molecule has 5 rings (SSSR count). The van der Waals surface area contributed by atoms with Crippen molar-refractivity contribution < 1.29 is 13.2 Å². The molecule has 1 aliphatic heterocycles. The predicted molar refractivity (Wildman–Crippen MR) is 151 cm³/mol. The van der Waals surface area contributed by atoms with Crippen LogP contribution < -0.4 is 20.3 Å². The molecule has 0 saturated heterocycles. The zero-order valence-electron chi connectivity index (χ0n) is 21.8. The molecule has 14 heteroatoms. The SMILES string of the molecule is CN1CCN(C(=O)n2ccnc2)Cc2ccc(Nc3ncc(Cl)c(N[C@@H]4CCCC[C@H]4NS(C)(=O)=O)n3)cc21. The van der Waals surface area contributed by atoms with Crippen LogP contribution in [0.5, 0.6) is 0 Å². The highest BCUT2D eigenvalue weighted by molar-refractivity contribution is 7.88. The molecule has 3 N–H and O–H groups in total. The number of hydrogen-bond donors (Lipinski definition) is 3. The van der Waals surface area contributed by atoms with Crippen molar-refractivity contribution in [2.24, 2.45) is 0 Å². The maximum Gasteiger partial charge on any atom is 0.329 e. The molecule has 0 radical (unpaired) electrons. The third-order valence-electron chi connectivity index (χ3n) is 7.01. The second-order valence-corrected chi connectivity index (χ2v) is 12.2. The Kier molecular flexibility index (Phi) is 7.91. The van der Waals surface area contributed by atoms with E-state index in [0.29, 0.717) is 36.4 Å². The maximum atomic E-state index is 12.9. The molecule has 1 aromatic carbocycles. The Balaban J connectivity index is 1.32. The van der Waals surface area contributed by atoms with Crippen molar-refractivity contribution >= 4 is 50.8 Å². The first kappa shape index (κ1) is 27.2. The van der Waals surface area contributed by atoms with Crippen LogP contribution in [-0.2, 0) is 16.6 Å². The molecule has 12 nitrogen and oxygen atoms in total. The Bertz CT molecular complexity index is 1430. The summed E-state index contributed by atoms with van der Waals surface area (Å²) in [5.41, 5.74) is 2.82. The molecule has 2 atom stereocenters. The lowest BCUT2D eigenvalue weighted by Gasteiger charge is -2.32. The summed E-state index contributed by atoms with van der Waals surface area (Å²) in [4.78, 5) is 29.7. The lowest BCUT2D eigenvalue weighted by Crippen LogP contribution is -2.48. The fourth-order valence-electron chi connectivity index (χ4n) is 5.06. The number of fused-ring (bicyclic) bond motifs is 1. The third kappa shape index (κ3) is 6.60. The lowest BCUT2D eigenvalue weighted by molar-refractivity contribution is 0.199. The van der Waals surface area contributed by atoms with Gasteiger partial charge in [-0.1, -0.05) is 30.5 Å². The summed E-state index contributed by atoms with van der Waals surface area (Å²) in [7, 11) is -1.34. The number of aromatic nitrogens is 4. The molecule has 1 saturated carbocycles. The fraction of sp³-hybridized carbons (Fsp3) is 0.440. The zero-order valence-corrected chi connectivity index (χ0v) is 23.4. The van der Waals surface area contributed by atoms with Crippen LogP contribution in [0.15, 0.2) is 43.1 Å². The van der Waals surface area contributed by atoms with Gasteiger partial charge in [-0.2, -0.15) is 4.98 Å². The number of nitrogens with zero attached hydrogens (tertiary/aromatic N) is 6. The Morgan fingerprint density at radius 1 is 1.15 bits per heavy atom. The molecule has 0 bridgehead atoms. The van der Waals surface area contributed by atoms with Crippen LogP contribution in [0.1, 0.15) is 31.2 Å². The van der Waals surface area contributed by atoms with Gasteiger partial charge in [0.2, 0.25) is 16.0 Å². The molecule has 2 aliphatic rings. The highest BCUT2D eigenvalue weighted by Gasteiger charge is 2.28. The number of carbonyl (C=O) groups is 1. The fourth-order valence-corrected chi connectivity index (χ4v) is 6.04. The zero-order chi connectivity index (χ0) is 27.6. The first-order chi connectivity index (χ1) is 18.7. The molecule has 0 unspecified atom stereocenters. The molecule has 1 aliphatic carbocycles. The van der Waals surface area contributed by atoms with E-state index in [1.807, 2.05) is 25.2 Å². The number of likely N-dealkylation sites (N-methyl/N-ethyl adjacent to an activating group) is 1. The number of sulfonamides is 1. The van der Waals surface area contributed by atoms with Crippen molar-refractivity contribution in [1.82, 2.24) is 29.1 Å². The van der Waals surface area contributed by atoms with Crippen molar-refractivity contribution in [1.29, 1.82) is 0 Å². The Hall–Kier alpha value is -3.42. The number of anilines is 4. The van der Waals surface area contributed by atoms with Crippen molar-refractivity contribution in [3.63, 3.8) is 0 Å². The second kappa shape index (κ2) is 11.4. The van der Waals surface area contributed by atoms with Crippen LogP contribution >= 0.6 is 11.6 Å². The average Bonchev–Trinajstić information content (AvgIpc) is 3.38. The normalized spacial score (nSPS) is 19.8. The Labute approximate surface area is 232 Å². The third-order valence-corrected chi connectivity index (χ3v) is 8.02. The van der Waals surface area contributed by atoms with E-state index in [4.69, 9.17) is 11.6 Å². The van der Waals surface area contributed by atoms with Crippen LogP contribution in [0.3, 0.4) is 0 Å². The lowest BCUT2D eigenvalue weighted by atomic mass is 9.91. The van der Waals surface area contributed by atoms with Crippen LogP contribution in [-0.4, -0.2) is 77.3 Å². The average molecular weight is 574 g/mol. The number of benzene rings is 1. The van der Waals surface area contributed by atoms with Gasteiger partial charge >= 0.3 is 6.03 Å². The van der Waals surface area contributed by atoms with Crippen LogP contribution in [0.25, 0.3) is 0 Å². The number of carbonyl (C=O) groups excluding carboxylic acids is 1. The smallest absolute Gasteiger partial charge is 0.329 e. The number of amides is 1. The Morgan fingerprint density at radius 2 is 1.95 bits per heavy atom. The van der Waals surface area contributed by atoms with Crippen LogP contribution in [0.4, 0.5) is 27.9 Å². The van der Waals surface area contributed by atoms with E-state index in [-0.39, 0.29) is 18.1 Å².